The lowest BCUT2D eigenvalue weighted by Crippen LogP contribution is -2.44. The number of morpholine rings is 1. The third kappa shape index (κ3) is 7.36. The molecule has 0 aromatic heterocycles. The topological polar surface area (TPSA) is 97.0 Å². The van der Waals surface area contributed by atoms with Crippen LogP contribution in [0.1, 0.15) is 36.2 Å². The number of carbonyl (C=O) groups is 3. The van der Waals surface area contributed by atoms with Gasteiger partial charge in [-0.3, -0.25) is 15.0 Å². The van der Waals surface area contributed by atoms with Gasteiger partial charge in [-0.1, -0.05) is 19.1 Å². The summed E-state index contributed by atoms with van der Waals surface area (Å²) in [6.45, 7) is 7.29. The van der Waals surface area contributed by atoms with Gasteiger partial charge < -0.3 is 14.8 Å². The van der Waals surface area contributed by atoms with Crippen LogP contribution in [0.5, 0.6) is 0 Å². The zero-order chi connectivity index (χ0) is 19.6. The van der Waals surface area contributed by atoms with Gasteiger partial charge in [-0.15, -0.1) is 0 Å². The van der Waals surface area contributed by atoms with Crippen molar-refractivity contribution in [3.63, 3.8) is 0 Å². The van der Waals surface area contributed by atoms with E-state index in [1.165, 1.54) is 0 Å². The van der Waals surface area contributed by atoms with E-state index in [-0.39, 0.29) is 6.04 Å². The number of hydrogen-bond donors (Lipinski definition) is 2. The van der Waals surface area contributed by atoms with E-state index in [4.69, 9.17) is 9.47 Å². The van der Waals surface area contributed by atoms with Crippen LogP contribution in [0.4, 0.5) is 4.79 Å². The van der Waals surface area contributed by atoms with Gasteiger partial charge in [0.05, 0.1) is 18.8 Å². The van der Waals surface area contributed by atoms with Crippen molar-refractivity contribution in [1.82, 2.24) is 15.5 Å². The molecule has 0 spiro atoms. The van der Waals surface area contributed by atoms with E-state index in [9.17, 15) is 14.4 Å². The third-order valence-electron chi connectivity index (χ3n) is 4.28. The first-order valence-electron chi connectivity index (χ1n) is 9.14. The Morgan fingerprint density at radius 3 is 2.48 bits per heavy atom. The molecule has 1 aliphatic rings. The van der Waals surface area contributed by atoms with Gasteiger partial charge in [0, 0.05) is 25.7 Å². The SMILES string of the molecule is CC[C@@H](C)NC(=O)NC(=O)COC(=O)c1ccc(CN2CCOCC2)cc1. The first kappa shape index (κ1) is 20.9. The maximum atomic E-state index is 12.0. The van der Waals surface area contributed by atoms with Crippen molar-refractivity contribution in [2.45, 2.75) is 32.9 Å². The summed E-state index contributed by atoms with van der Waals surface area (Å²) in [5, 5.41) is 4.72. The van der Waals surface area contributed by atoms with E-state index < -0.39 is 24.5 Å². The number of urea groups is 1. The predicted octanol–water partition coefficient (Wildman–Crippen LogP) is 1.30. The Morgan fingerprint density at radius 2 is 1.85 bits per heavy atom. The van der Waals surface area contributed by atoms with Gasteiger partial charge >= 0.3 is 12.0 Å². The molecule has 8 heteroatoms. The van der Waals surface area contributed by atoms with Crippen LogP contribution < -0.4 is 10.6 Å². The van der Waals surface area contributed by atoms with Gasteiger partial charge in [0.1, 0.15) is 0 Å². The van der Waals surface area contributed by atoms with Crippen LogP contribution in [0.3, 0.4) is 0 Å². The van der Waals surface area contributed by atoms with E-state index in [1.54, 1.807) is 12.1 Å². The van der Waals surface area contributed by atoms with Crippen LogP contribution in [0.25, 0.3) is 0 Å². The Balaban J connectivity index is 1.75. The number of ether oxygens (including phenoxy) is 2. The van der Waals surface area contributed by atoms with E-state index >= 15 is 0 Å². The quantitative estimate of drug-likeness (QED) is 0.695. The van der Waals surface area contributed by atoms with E-state index in [1.807, 2.05) is 26.0 Å². The number of imide groups is 1. The Kier molecular flexibility index (Phi) is 8.22. The molecule has 0 saturated carbocycles. The average molecular weight is 377 g/mol. The highest BCUT2D eigenvalue weighted by molar-refractivity contribution is 5.97. The number of benzene rings is 1. The molecule has 0 aliphatic carbocycles. The summed E-state index contributed by atoms with van der Waals surface area (Å²) >= 11 is 0. The third-order valence-corrected chi connectivity index (χ3v) is 4.28. The van der Waals surface area contributed by atoms with Gasteiger partial charge in [0.15, 0.2) is 6.61 Å². The maximum Gasteiger partial charge on any atom is 0.338 e. The molecule has 0 bridgehead atoms. The number of esters is 1. The van der Waals surface area contributed by atoms with Gasteiger partial charge in [-0.25, -0.2) is 9.59 Å². The molecule has 1 aromatic carbocycles. The first-order valence-corrected chi connectivity index (χ1v) is 9.14. The number of nitrogens with zero attached hydrogens (tertiary/aromatic N) is 1. The zero-order valence-electron chi connectivity index (χ0n) is 15.8. The molecule has 0 unspecified atom stereocenters. The summed E-state index contributed by atoms with van der Waals surface area (Å²) in [6, 6.07) is 6.43. The monoisotopic (exact) mass is 377 g/mol. The minimum absolute atomic E-state index is 0.0451. The Bertz CT molecular complexity index is 641. The molecule has 2 rings (SSSR count). The molecule has 1 heterocycles. The van der Waals surface area contributed by atoms with Crippen LogP contribution in [-0.2, 0) is 20.8 Å². The molecular formula is C19H27N3O5. The summed E-state index contributed by atoms with van der Waals surface area (Å²) in [5.74, 6) is -1.28. The normalized spacial score (nSPS) is 15.6. The number of amides is 3. The van der Waals surface area contributed by atoms with Crippen molar-refractivity contribution in [3.05, 3.63) is 35.4 Å². The van der Waals surface area contributed by atoms with Crippen molar-refractivity contribution in [2.24, 2.45) is 0 Å². The van der Waals surface area contributed by atoms with Gasteiger partial charge in [-0.2, -0.15) is 0 Å². The lowest BCUT2D eigenvalue weighted by atomic mass is 10.1. The summed E-state index contributed by atoms with van der Waals surface area (Å²) in [6.07, 6.45) is 0.748. The standard InChI is InChI=1S/C19H27N3O5/c1-3-14(2)20-19(25)21-17(23)13-27-18(24)16-6-4-15(5-7-16)12-22-8-10-26-11-9-22/h4-7,14H,3,8-13H2,1-2H3,(H2,20,21,23,25)/t14-/m1/s1. The summed E-state index contributed by atoms with van der Waals surface area (Å²) in [7, 11) is 0. The highest BCUT2D eigenvalue weighted by atomic mass is 16.5. The second-order valence-electron chi connectivity index (χ2n) is 6.49. The van der Waals surface area contributed by atoms with Crippen LogP contribution in [0.2, 0.25) is 0 Å². The van der Waals surface area contributed by atoms with E-state index in [0.29, 0.717) is 5.56 Å². The van der Waals surface area contributed by atoms with Crippen LogP contribution in [-0.4, -0.2) is 61.8 Å². The van der Waals surface area contributed by atoms with Crippen molar-refractivity contribution in [1.29, 1.82) is 0 Å². The second kappa shape index (κ2) is 10.6. The molecule has 2 N–H and O–H groups in total. The molecule has 1 saturated heterocycles. The highest BCUT2D eigenvalue weighted by Crippen LogP contribution is 2.10. The largest absolute Gasteiger partial charge is 0.452 e. The van der Waals surface area contributed by atoms with Gasteiger partial charge in [0.2, 0.25) is 0 Å². The molecule has 1 aromatic rings. The van der Waals surface area contributed by atoms with E-state index in [0.717, 1.165) is 44.8 Å². The van der Waals surface area contributed by atoms with Crippen molar-refractivity contribution in [2.75, 3.05) is 32.9 Å². The lowest BCUT2D eigenvalue weighted by molar-refractivity contribution is -0.123. The molecule has 1 atom stereocenters. The molecule has 27 heavy (non-hydrogen) atoms. The smallest absolute Gasteiger partial charge is 0.338 e. The minimum atomic E-state index is -0.673. The van der Waals surface area contributed by atoms with Crippen LogP contribution in [0, 0.1) is 0 Å². The highest BCUT2D eigenvalue weighted by Gasteiger charge is 2.14. The van der Waals surface area contributed by atoms with Crippen molar-refractivity contribution in [3.8, 4) is 0 Å². The van der Waals surface area contributed by atoms with Gasteiger partial charge in [-0.05, 0) is 31.0 Å². The lowest BCUT2D eigenvalue weighted by Gasteiger charge is -2.26. The number of rotatable bonds is 7. The Morgan fingerprint density at radius 1 is 1.19 bits per heavy atom. The summed E-state index contributed by atoms with van der Waals surface area (Å²) in [4.78, 5) is 37.5. The molecule has 1 fully saturated rings. The molecule has 148 valence electrons. The molecule has 1 aliphatic heterocycles. The zero-order valence-corrected chi connectivity index (χ0v) is 15.8. The van der Waals surface area contributed by atoms with Gasteiger partial charge in [0.25, 0.3) is 5.91 Å². The van der Waals surface area contributed by atoms with Crippen LogP contribution >= 0.6 is 0 Å². The number of nitrogens with one attached hydrogen (secondary N) is 2. The maximum absolute atomic E-state index is 12.0. The van der Waals surface area contributed by atoms with Crippen LogP contribution in [0.15, 0.2) is 24.3 Å². The number of hydrogen-bond acceptors (Lipinski definition) is 6. The first-order chi connectivity index (χ1) is 13.0. The Hall–Kier alpha value is -2.45. The molecular weight excluding hydrogens is 350 g/mol. The van der Waals surface area contributed by atoms with Crippen molar-refractivity contribution < 1.29 is 23.9 Å². The fourth-order valence-corrected chi connectivity index (χ4v) is 2.50. The fraction of sp³-hybridized carbons (Fsp3) is 0.526. The molecule has 3 amide bonds. The van der Waals surface area contributed by atoms with E-state index in [2.05, 4.69) is 15.5 Å². The van der Waals surface area contributed by atoms with Crippen molar-refractivity contribution >= 4 is 17.9 Å². The molecule has 0 radical (unpaired) electrons. The second-order valence-corrected chi connectivity index (χ2v) is 6.49. The average Bonchev–Trinajstić information content (AvgIpc) is 2.67. The predicted molar refractivity (Wildman–Crippen MR) is 99.2 cm³/mol. The number of carbonyl (C=O) groups excluding carboxylic acids is 3. The Labute approximate surface area is 159 Å². The molecule has 8 nitrogen and oxygen atoms in total. The summed E-state index contributed by atoms with van der Waals surface area (Å²) < 4.78 is 10.3. The fourth-order valence-electron chi connectivity index (χ4n) is 2.50. The minimum Gasteiger partial charge on any atom is -0.452 e. The summed E-state index contributed by atoms with van der Waals surface area (Å²) in [5.41, 5.74) is 1.45.